The van der Waals surface area contributed by atoms with Crippen LogP contribution in [0.2, 0.25) is 0 Å². The topological polar surface area (TPSA) is 89.5 Å². The Hall–Kier alpha value is -3.97. The summed E-state index contributed by atoms with van der Waals surface area (Å²) in [6.07, 6.45) is 4.82. The van der Waals surface area contributed by atoms with Gasteiger partial charge in [0.25, 0.3) is 5.91 Å². The molecule has 7 heteroatoms. The maximum atomic E-state index is 13.0. The highest BCUT2D eigenvalue weighted by atomic mass is 32.2. The van der Waals surface area contributed by atoms with Gasteiger partial charge in [0.1, 0.15) is 0 Å². The van der Waals surface area contributed by atoms with Gasteiger partial charge in [-0.2, -0.15) is 0 Å². The number of hydrogen-bond donors (Lipinski definition) is 1. The molecule has 1 aliphatic rings. The number of carbonyl (C=O) groups excluding carboxylic acids is 4. The first-order valence-corrected chi connectivity index (χ1v) is 11.3. The summed E-state index contributed by atoms with van der Waals surface area (Å²) in [7, 11) is 0. The third-order valence-corrected chi connectivity index (χ3v) is 5.84. The van der Waals surface area contributed by atoms with Crippen LogP contribution in [0, 0.1) is 0 Å². The van der Waals surface area contributed by atoms with Crippen LogP contribution in [0.3, 0.4) is 0 Å². The summed E-state index contributed by atoms with van der Waals surface area (Å²) in [5, 5.41) is 2.58. The summed E-state index contributed by atoms with van der Waals surface area (Å²) in [6.45, 7) is -0.531. The van der Waals surface area contributed by atoms with Crippen LogP contribution in [0.15, 0.2) is 77.7 Å². The van der Waals surface area contributed by atoms with E-state index in [1.807, 2.05) is 30.5 Å². The van der Waals surface area contributed by atoms with Crippen molar-refractivity contribution in [2.45, 2.75) is 4.90 Å². The highest BCUT2D eigenvalue weighted by molar-refractivity contribution is 7.98. The first kappa shape index (κ1) is 22.2. The maximum absolute atomic E-state index is 13.0. The summed E-state index contributed by atoms with van der Waals surface area (Å²) < 4.78 is 5.00. The normalized spacial score (nSPS) is 12.3. The number of thioether (sulfide) groups is 1. The van der Waals surface area contributed by atoms with Crippen LogP contribution in [0.1, 0.15) is 37.4 Å². The molecule has 3 aromatic rings. The van der Waals surface area contributed by atoms with Crippen molar-refractivity contribution in [1.29, 1.82) is 0 Å². The van der Waals surface area contributed by atoms with Crippen LogP contribution in [-0.4, -0.2) is 36.3 Å². The van der Waals surface area contributed by atoms with Crippen molar-refractivity contribution >= 4 is 47.0 Å². The van der Waals surface area contributed by atoms with Gasteiger partial charge in [-0.25, -0.2) is 4.79 Å². The van der Waals surface area contributed by atoms with Crippen LogP contribution in [0.5, 0.6) is 0 Å². The molecule has 0 saturated carbocycles. The van der Waals surface area contributed by atoms with Gasteiger partial charge in [-0.1, -0.05) is 48.5 Å². The Morgan fingerprint density at radius 1 is 0.879 bits per heavy atom. The van der Waals surface area contributed by atoms with Crippen LogP contribution < -0.4 is 5.32 Å². The number of esters is 1. The molecule has 0 aromatic heterocycles. The Morgan fingerprint density at radius 3 is 2.24 bits per heavy atom. The van der Waals surface area contributed by atoms with Crippen molar-refractivity contribution in [3.63, 3.8) is 0 Å². The molecule has 0 aliphatic heterocycles. The number of ether oxygens (including phenoxy) is 1. The SMILES string of the molecule is CSc1ccc(C=CC(=O)OCC(=O)Nc2cccc3c2C(=O)c2ccccc2C3=O)cc1. The fourth-order valence-electron chi connectivity index (χ4n) is 3.50. The quantitative estimate of drug-likeness (QED) is 0.263. The first-order chi connectivity index (χ1) is 16.0. The van der Waals surface area contributed by atoms with Crippen molar-refractivity contribution < 1.29 is 23.9 Å². The molecule has 0 fully saturated rings. The molecule has 4 rings (SSSR count). The first-order valence-electron chi connectivity index (χ1n) is 10.1. The highest BCUT2D eigenvalue weighted by Gasteiger charge is 2.31. The summed E-state index contributed by atoms with van der Waals surface area (Å²) in [5.74, 6) is -1.91. The predicted molar refractivity (Wildman–Crippen MR) is 127 cm³/mol. The Morgan fingerprint density at radius 2 is 1.55 bits per heavy atom. The van der Waals surface area contributed by atoms with E-state index in [-0.39, 0.29) is 28.4 Å². The lowest BCUT2D eigenvalue weighted by Crippen LogP contribution is -2.25. The number of hydrogen-bond acceptors (Lipinski definition) is 6. The van der Waals surface area contributed by atoms with E-state index in [0.717, 1.165) is 10.5 Å². The van der Waals surface area contributed by atoms with E-state index in [9.17, 15) is 19.2 Å². The minimum Gasteiger partial charge on any atom is -0.452 e. The molecule has 1 amide bonds. The standard InChI is InChI=1S/C26H19NO5S/c1-33-17-12-9-16(10-13-17)11-14-23(29)32-15-22(28)27-21-8-4-7-20-24(21)26(31)19-6-3-2-5-18(19)25(20)30/h2-14H,15H2,1H3,(H,27,28). The number of nitrogens with one attached hydrogen (secondary N) is 1. The predicted octanol–water partition coefficient (Wildman–Crippen LogP) is 4.38. The number of amides is 1. The van der Waals surface area contributed by atoms with E-state index in [4.69, 9.17) is 4.74 Å². The molecule has 0 atom stereocenters. The van der Waals surface area contributed by atoms with Gasteiger partial charge < -0.3 is 10.1 Å². The summed E-state index contributed by atoms with van der Waals surface area (Å²) >= 11 is 1.62. The fraction of sp³-hybridized carbons (Fsp3) is 0.0769. The number of fused-ring (bicyclic) bond motifs is 2. The lowest BCUT2D eigenvalue weighted by atomic mass is 9.83. The molecule has 1 aliphatic carbocycles. The average Bonchev–Trinajstić information content (AvgIpc) is 2.85. The zero-order valence-electron chi connectivity index (χ0n) is 17.7. The lowest BCUT2D eigenvalue weighted by Gasteiger charge is -2.20. The van der Waals surface area contributed by atoms with Gasteiger partial charge >= 0.3 is 5.97 Å². The highest BCUT2D eigenvalue weighted by Crippen LogP contribution is 2.31. The van der Waals surface area contributed by atoms with Crippen molar-refractivity contribution in [2.24, 2.45) is 0 Å². The van der Waals surface area contributed by atoms with Crippen LogP contribution in [-0.2, 0) is 14.3 Å². The van der Waals surface area contributed by atoms with Crippen molar-refractivity contribution in [3.05, 3.63) is 101 Å². The molecule has 0 bridgehead atoms. The minimum atomic E-state index is -0.672. The second-order valence-corrected chi connectivity index (χ2v) is 8.07. The molecule has 0 radical (unpaired) electrons. The molecule has 33 heavy (non-hydrogen) atoms. The molecule has 0 unspecified atom stereocenters. The lowest BCUT2D eigenvalue weighted by molar-refractivity contribution is -0.142. The molecular weight excluding hydrogens is 438 g/mol. The summed E-state index contributed by atoms with van der Waals surface area (Å²) in [4.78, 5) is 51.2. The van der Waals surface area contributed by atoms with Crippen LogP contribution in [0.4, 0.5) is 5.69 Å². The number of ketones is 2. The molecule has 0 heterocycles. The van der Waals surface area contributed by atoms with Gasteiger partial charge in [0, 0.05) is 27.7 Å². The van der Waals surface area contributed by atoms with E-state index in [2.05, 4.69) is 5.32 Å². The molecule has 164 valence electrons. The zero-order chi connectivity index (χ0) is 23.4. The van der Waals surface area contributed by atoms with Gasteiger partial charge in [-0.15, -0.1) is 11.8 Å². The molecule has 0 spiro atoms. The van der Waals surface area contributed by atoms with Crippen molar-refractivity contribution in [3.8, 4) is 0 Å². The molecule has 0 saturated heterocycles. The summed E-state index contributed by atoms with van der Waals surface area (Å²) in [5.41, 5.74) is 2.01. The van der Waals surface area contributed by atoms with Gasteiger partial charge in [-0.3, -0.25) is 14.4 Å². The second kappa shape index (κ2) is 9.67. The number of benzene rings is 3. The smallest absolute Gasteiger partial charge is 0.331 e. The van der Waals surface area contributed by atoms with E-state index >= 15 is 0 Å². The fourth-order valence-corrected chi connectivity index (χ4v) is 3.91. The number of anilines is 1. The van der Waals surface area contributed by atoms with Crippen LogP contribution >= 0.6 is 11.8 Å². The number of rotatable bonds is 6. The van der Waals surface area contributed by atoms with Gasteiger partial charge in [-0.05, 0) is 36.1 Å². The van der Waals surface area contributed by atoms with Gasteiger partial charge in [0.15, 0.2) is 18.2 Å². The van der Waals surface area contributed by atoms with E-state index in [1.54, 1.807) is 54.2 Å². The average molecular weight is 458 g/mol. The summed E-state index contributed by atoms with van der Waals surface area (Å²) in [6, 6.07) is 18.9. The monoisotopic (exact) mass is 457 g/mol. The Kier molecular flexibility index (Phi) is 6.51. The molecular formula is C26H19NO5S. The Bertz CT molecular complexity index is 1290. The second-order valence-electron chi connectivity index (χ2n) is 7.19. The van der Waals surface area contributed by atoms with Gasteiger partial charge in [0.2, 0.25) is 0 Å². The minimum absolute atomic E-state index is 0.134. The van der Waals surface area contributed by atoms with Gasteiger partial charge in [0.05, 0.1) is 11.3 Å². The van der Waals surface area contributed by atoms with Crippen molar-refractivity contribution in [1.82, 2.24) is 0 Å². The number of carbonyl (C=O) groups is 4. The molecule has 3 aromatic carbocycles. The molecule has 1 N–H and O–H groups in total. The maximum Gasteiger partial charge on any atom is 0.331 e. The Balaban J connectivity index is 1.41. The van der Waals surface area contributed by atoms with E-state index in [0.29, 0.717) is 11.1 Å². The van der Waals surface area contributed by atoms with Crippen LogP contribution in [0.25, 0.3) is 6.08 Å². The molecule has 6 nitrogen and oxygen atoms in total. The Labute approximate surface area is 194 Å². The van der Waals surface area contributed by atoms with E-state index in [1.165, 1.54) is 12.1 Å². The third-order valence-electron chi connectivity index (χ3n) is 5.10. The largest absolute Gasteiger partial charge is 0.452 e. The van der Waals surface area contributed by atoms with Crippen molar-refractivity contribution in [2.75, 3.05) is 18.2 Å². The zero-order valence-corrected chi connectivity index (χ0v) is 18.5. The van der Waals surface area contributed by atoms with E-state index < -0.39 is 18.5 Å². The third kappa shape index (κ3) is 4.78.